The molecule has 5 heteroatoms. The summed E-state index contributed by atoms with van der Waals surface area (Å²) in [7, 11) is 1.68. The lowest BCUT2D eigenvalue weighted by atomic mass is 10.0. The number of fused-ring (bicyclic) bond motifs is 2. The van der Waals surface area contributed by atoms with Crippen LogP contribution < -0.4 is 10.1 Å². The van der Waals surface area contributed by atoms with Crippen molar-refractivity contribution in [3.05, 3.63) is 36.4 Å². The van der Waals surface area contributed by atoms with Crippen molar-refractivity contribution in [2.75, 3.05) is 32.1 Å². The predicted octanol–water partition coefficient (Wildman–Crippen LogP) is 4.00. The number of hydrogen-bond donors (Lipinski definition) is 2. The van der Waals surface area contributed by atoms with Gasteiger partial charge in [-0.3, -0.25) is 0 Å². The Morgan fingerprint density at radius 1 is 1.12 bits per heavy atom. The molecule has 4 rings (SSSR count). The molecule has 5 nitrogen and oxygen atoms in total. The molecule has 0 amide bonds. The van der Waals surface area contributed by atoms with Crippen LogP contribution in [-0.2, 0) is 0 Å². The van der Waals surface area contributed by atoms with Crippen LogP contribution in [0.1, 0.15) is 19.8 Å². The number of pyridine rings is 1. The van der Waals surface area contributed by atoms with E-state index >= 15 is 0 Å². The van der Waals surface area contributed by atoms with E-state index in [1.54, 1.807) is 19.2 Å². The van der Waals surface area contributed by atoms with Gasteiger partial charge in [-0.1, -0.05) is 6.92 Å². The lowest BCUT2D eigenvalue weighted by molar-refractivity contribution is 0.230. The van der Waals surface area contributed by atoms with E-state index in [0.29, 0.717) is 6.04 Å². The predicted molar refractivity (Wildman–Crippen MR) is 106 cm³/mol. The highest BCUT2D eigenvalue weighted by Gasteiger charge is 2.20. The second-order valence-electron chi connectivity index (χ2n) is 6.92. The number of nitrogens with zero attached hydrogens (tertiary/aromatic N) is 2. The number of piperidine rings is 1. The van der Waals surface area contributed by atoms with Gasteiger partial charge in [-0.25, -0.2) is 4.98 Å². The average molecular weight is 351 g/mol. The van der Waals surface area contributed by atoms with Crippen molar-refractivity contribution in [1.82, 2.24) is 9.88 Å². The van der Waals surface area contributed by atoms with Gasteiger partial charge in [0.15, 0.2) is 0 Å². The van der Waals surface area contributed by atoms with Crippen LogP contribution in [0.3, 0.4) is 0 Å². The molecule has 0 radical (unpaired) electrons. The molecule has 26 heavy (non-hydrogen) atoms. The zero-order valence-electron chi connectivity index (χ0n) is 15.3. The Labute approximate surface area is 153 Å². The standard InChI is InChI=1S/C21H25N3O2/c1-3-24-10-8-14(9-11-24)22-21-17-6-4-15(25)12-20(17)23-19-7-5-16(26-2)13-18(19)21/h4-7,12-14,25H,3,8-11H2,1-2H3,(H,22,23). The summed E-state index contributed by atoms with van der Waals surface area (Å²) < 4.78 is 5.42. The van der Waals surface area contributed by atoms with Crippen LogP contribution in [0.15, 0.2) is 36.4 Å². The van der Waals surface area contributed by atoms with Crippen molar-refractivity contribution in [2.45, 2.75) is 25.8 Å². The molecule has 1 fully saturated rings. The summed E-state index contributed by atoms with van der Waals surface area (Å²) in [6.45, 7) is 5.58. The number of anilines is 1. The van der Waals surface area contributed by atoms with Crippen molar-refractivity contribution in [2.24, 2.45) is 0 Å². The number of methoxy groups -OCH3 is 1. The summed E-state index contributed by atoms with van der Waals surface area (Å²) in [6.07, 6.45) is 2.25. The molecule has 0 aliphatic carbocycles. The summed E-state index contributed by atoms with van der Waals surface area (Å²) in [5.41, 5.74) is 2.78. The van der Waals surface area contributed by atoms with Gasteiger partial charge in [0, 0.05) is 36.0 Å². The van der Waals surface area contributed by atoms with Crippen LogP contribution in [0.5, 0.6) is 11.5 Å². The fourth-order valence-corrected chi connectivity index (χ4v) is 3.79. The van der Waals surface area contributed by atoms with E-state index in [9.17, 15) is 5.11 Å². The SMILES string of the molecule is CCN1CCC(Nc2c3ccc(O)cc3nc3ccc(OC)cc23)CC1. The topological polar surface area (TPSA) is 57.6 Å². The minimum atomic E-state index is 0.236. The summed E-state index contributed by atoms with van der Waals surface area (Å²) in [4.78, 5) is 7.22. The molecule has 3 aromatic rings. The first kappa shape index (κ1) is 16.9. The third-order valence-corrected chi connectivity index (χ3v) is 5.35. The van der Waals surface area contributed by atoms with E-state index in [-0.39, 0.29) is 5.75 Å². The summed E-state index contributed by atoms with van der Waals surface area (Å²) in [5.74, 6) is 1.06. The molecule has 0 bridgehead atoms. The third kappa shape index (κ3) is 3.15. The number of aromatic nitrogens is 1. The van der Waals surface area contributed by atoms with Crippen LogP contribution >= 0.6 is 0 Å². The van der Waals surface area contributed by atoms with Gasteiger partial charge in [-0.15, -0.1) is 0 Å². The highest BCUT2D eigenvalue weighted by atomic mass is 16.5. The van der Waals surface area contributed by atoms with Crippen molar-refractivity contribution >= 4 is 27.5 Å². The third-order valence-electron chi connectivity index (χ3n) is 5.35. The molecule has 1 aliphatic heterocycles. The van der Waals surface area contributed by atoms with Crippen LogP contribution in [-0.4, -0.2) is 47.8 Å². The fourth-order valence-electron chi connectivity index (χ4n) is 3.79. The maximum absolute atomic E-state index is 9.87. The number of rotatable bonds is 4. The van der Waals surface area contributed by atoms with Crippen molar-refractivity contribution in [3.63, 3.8) is 0 Å². The van der Waals surface area contributed by atoms with Gasteiger partial charge < -0.3 is 20.1 Å². The van der Waals surface area contributed by atoms with Crippen LogP contribution in [0.25, 0.3) is 21.8 Å². The van der Waals surface area contributed by atoms with Gasteiger partial charge in [0.2, 0.25) is 0 Å². The van der Waals surface area contributed by atoms with Gasteiger partial charge in [0.1, 0.15) is 11.5 Å². The average Bonchev–Trinajstić information content (AvgIpc) is 2.67. The molecule has 0 atom stereocenters. The Kier molecular flexibility index (Phi) is 4.55. The first-order valence-corrected chi connectivity index (χ1v) is 9.27. The first-order valence-electron chi connectivity index (χ1n) is 9.27. The van der Waals surface area contributed by atoms with Crippen molar-refractivity contribution < 1.29 is 9.84 Å². The number of phenolic OH excluding ortho intramolecular Hbond substituents is 1. The Morgan fingerprint density at radius 2 is 1.92 bits per heavy atom. The van der Waals surface area contributed by atoms with E-state index < -0.39 is 0 Å². The highest BCUT2D eigenvalue weighted by molar-refractivity contribution is 6.08. The molecule has 0 unspecified atom stereocenters. The van der Waals surface area contributed by atoms with Gasteiger partial charge in [0.05, 0.1) is 23.8 Å². The maximum Gasteiger partial charge on any atom is 0.119 e. The second kappa shape index (κ2) is 7.00. The minimum absolute atomic E-state index is 0.236. The van der Waals surface area contributed by atoms with Gasteiger partial charge in [0.25, 0.3) is 0 Å². The number of hydrogen-bond acceptors (Lipinski definition) is 5. The Hall–Kier alpha value is -2.53. The van der Waals surface area contributed by atoms with Crippen LogP contribution in [0.4, 0.5) is 5.69 Å². The second-order valence-corrected chi connectivity index (χ2v) is 6.92. The molecule has 1 aliphatic rings. The minimum Gasteiger partial charge on any atom is -0.508 e. The van der Waals surface area contributed by atoms with E-state index in [0.717, 1.165) is 65.7 Å². The number of aromatic hydroxyl groups is 1. The molecule has 0 spiro atoms. The number of benzene rings is 2. The lowest BCUT2D eigenvalue weighted by Crippen LogP contribution is -2.38. The molecule has 136 valence electrons. The molecular weight excluding hydrogens is 326 g/mol. The van der Waals surface area contributed by atoms with Gasteiger partial charge in [-0.2, -0.15) is 0 Å². The number of ether oxygens (including phenoxy) is 1. The lowest BCUT2D eigenvalue weighted by Gasteiger charge is -2.32. The maximum atomic E-state index is 9.87. The molecule has 0 saturated carbocycles. The Morgan fingerprint density at radius 3 is 2.65 bits per heavy atom. The molecular formula is C21H25N3O2. The largest absolute Gasteiger partial charge is 0.508 e. The highest BCUT2D eigenvalue weighted by Crippen LogP contribution is 2.35. The normalized spacial score (nSPS) is 16.2. The van der Waals surface area contributed by atoms with E-state index in [4.69, 9.17) is 9.72 Å². The Balaban J connectivity index is 1.80. The van der Waals surface area contributed by atoms with Gasteiger partial charge >= 0.3 is 0 Å². The summed E-state index contributed by atoms with van der Waals surface area (Å²) in [5, 5.41) is 15.7. The fraction of sp³-hybridized carbons (Fsp3) is 0.381. The summed E-state index contributed by atoms with van der Waals surface area (Å²) >= 11 is 0. The van der Waals surface area contributed by atoms with E-state index in [1.165, 1.54) is 0 Å². The monoisotopic (exact) mass is 351 g/mol. The zero-order valence-corrected chi connectivity index (χ0v) is 15.3. The van der Waals surface area contributed by atoms with Crippen molar-refractivity contribution in [1.29, 1.82) is 0 Å². The summed E-state index contributed by atoms with van der Waals surface area (Å²) in [6, 6.07) is 11.8. The van der Waals surface area contributed by atoms with Crippen LogP contribution in [0.2, 0.25) is 0 Å². The van der Waals surface area contributed by atoms with E-state index in [2.05, 4.69) is 17.1 Å². The van der Waals surface area contributed by atoms with E-state index in [1.807, 2.05) is 24.3 Å². The molecule has 2 aromatic carbocycles. The number of nitrogens with one attached hydrogen (secondary N) is 1. The first-order chi connectivity index (χ1) is 12.7. The van der Waals surface area contributed by atoms with Crippen LogP contribution in [0, 0.1) is 0 Å². The molecule has 1 aromatic heterocycles. The van der Waals surface area contributed by atoms with Crippen molar-refractivity contribution in [3.8, 4) is 11.5 Å². The quantitative estimate of drug-likeness (QED) is 0.696. The number of phenols is 1. The molecule has 2 N–H and O–H groups in total. The Bertz CT molecular complexity index is 933. The van der Waals surface area contributed by atoms with Gasteiger partial charge in [-0.05, 0) is 49.7 Å². The number of likely N-dealkylation sites (tertiary alicyclic amines) is 1. The molecule has 1 saturated heterocycles. The molecule has 2 heterocycles. The zero-order chi connectivity index (χ0) is 18.1. The smallest absolute Gasteiger partial charge is 0.119 e.